The van der Waals surface area contributed by atoms with E-state index in [9.17, 15) is 13.6 Å². The van der Waals surface area contributed by atoms with E-state index in [-0.39, 0.29) is 29.7 Å². The summed E-state index contributed by atoms with van der Waals surface area (Å²) >= 11 is 7.57. The first-order chi connectivity index (χ1) is 15.5. The lowest BCUT2D eigenvalue weighted by Gasteiger charge is -2.42. The number of fused-ring (bicyclic) bond motifs is 2. The fraction of sp³-hybridized carbons (Fsp3) is 0.455. The van der Waals surface area contributed by atoms with Crippen LogP contribution in [0.15, 0.2) is 35.2 Å². The van der Waals surface area contributed by atoms with Gasteiger partial charge in [-0.05, 0) is 61.5 Å². The first-order valence-corrected chi connectivity index (χ1v) is 11.9. The maximum Gasteiger partial charge on any atom is 0.255 e. The highest BCUT2D eigenvalue weighted by Crippen LogP contribution is 2.36. The predicted molar refractivity (Wildman–Crippen MR) is 123 cm³/mol. The van der Waals surface area contributed by atoms with Crippen LogP contribution in [0.1, 0.15) is 35.3 Å². The van der Waals surface area contributed by atoms with E-state index < -0.39 is 5.82 Å². The minimum atomic E-state index is -0.463. The second kappa shape index (κ2) is 10.3. The summed E-state index contributed by atoms with van der Waals surface area (Å²) in [7, 11) is 0. The number of likely N-dealkylation sites (tertiary alicyclic amines) is 1. The zero-order chi connectivity index (χ0) is 22.7. The van der Waals surface area contributed by atoms with Crippen LogP contribution in [0, 0.1) is 5.82 Å². The van der Waals surface area contributed by atoms with Crippen molar-refractivity contribution in [3.8, 4) is 0 Å². The topological polar surface area (TPSA) is 74.5 Å². The third-order valence-corrected chi connectivity index (χ3v) is 6.98. The minimum absolute atomic E-state index is 0.129. The zero-order valence-electron chi connectivity index (χ0n) is 17.6. The van der Waals surface area contributed by atoms with E-state index in [4.69, 9.17) is 22.3 Å². The third kappa shape index (κ3) is 5.01. The van der Waals surface area contributed by atoms with E-state index in [0.717, 1.165) is 29.2 Å². The molecule has 0 radical (unpaired) electrons. The molecule has 10 heteroatoms. The Labute approximate surface area is 195 Å². The van der Waals surface area contributed by atoms with Crippen molar-refractivity contribution < 1.29 is 13.6 Å². The molecule has 1 aromatic heterocycles. The summed E-state index contributed by atoms with van der Waals surface area (Å²) < 4.78 is 28.9. The first-order valence-electron chi connectivity index (χ1n) is 10.7. The number of rotatable bonds is 8. The summed E-state index contributed by atoms with van der Waals surface area (Å²) in [5.41, 5.74) is 6.98. The van der Waals surface area contributed by atoms with Crippen LogP contribution in [0.5, 0.6) is 0 Å². The Morgan fingerprint density at radius 3 is 2.66 bits per heavy atom. The van der Waals surface area contributed by atoms with Crippen LogP contribution in [0.4, 0.5) is 14.6 Å². The van der Waals surface area contributed by atoms with Gasteiger partial charge in [0.2, 0.25) is 0 Å². The van der Waals surface area contributed by atoms with Crippen LogP contribution < -0.4 is 15.4 Å². The molecule has 1 amide bonds. The van der Waals surface area contributed by atoms with Gasteiger partial charge in [-0.15, -0.1) is 0 Å². The Bertz CT molecular complexity index is 967. The van der Waals surface area contributed by atoms with Crippen molar-refractivity contribution >= 4 is 35.3 Å². The van der Waals surface area contributed by atoms with Gasteiger partial charge in [-0.2, -0.15) is 0 Å². The Morgan fingerprint density at radius 2 is 2.00 bits per heavy atom. The molecule has 2 atom stereocenters. The number of carbonyl (C=O) groups excluding carboxylic acids is 1. The van der Waals surface area contributed by atoms with Crippen LogP contribution in [-0.4, -0.2) is 54.2 Å². The molecule has 2 unspecified atom stereocenters. The van der Waals surface area contributed by atoms with E-state index in [0.29, 0.717) is 38.2 Å². The summed E-state index contributed by atoms with van der Waals surface area (Å²) in [6.45, 7) is 1.65. The third-order valence-electron chi connectivity index (χ3n) is 5.85. The number of anilines is 1. The molecule has 6 nitrogen and oxygen atoms in total. The molecule has 2 saturated heterocycles. The summed E-state index contributed by atoms with van der Waals surface area (Å²) in [5, 5.41) is 0.129. The largest absolute Gasteiger partial charge is 0.347 e. The van der Waals surface area contributed by atoms with E-state index in [1.807, 2.05) is 12.1 Å². The Morgan fingerprint density at radius 1 is 1.25 bits per heavy atom. The van der Waals surface area contributed by atoms with Crippen molar-refractivity contribution in [1.82, 2.24) is 14.6 Å². The molecule has 0 spiro atoms. The second-order valence-electron chi connectivity index (χ2n) is 8.02. The van der Waals surface area contributed by atoms with Crippen LogP contribution in [0.3, 0.4) is 0 Å². The molecule has 2 fully saturated rings. The van der Waals surface area contributed by atoms with E-state index >= 15 is 0 Å². The maximum absolute atomic E-state index is 13.4. The molecular formula is C22H26ClF2N5OS. The average molecular weight is 482 g/mol. The minimum Gasteiger partial charge on any atom is -0.347 e. The fourth-order valence-electron chi connectivity index (χ4n) is 4.39. The maximum atomic E-state index is 13.4. The van der Waals surface area contributed by atoms with Crippen LogP contribution in [0.25, 0.3) is 0 Å². The molecule has 172 valence electrons. The number of nitrogens with two attached hydrogens (primary N) is 1. The average Bonchev–Trinajstić information content (AvgIpc) is 3.05. The van der Waals surface area contributed by atoms with Gasteiger partial charge in [-0.3, -0.25) is 13.9 Å². The van der Waals surface area contributed by atoms with Gasteiger partial charge in [0, 0.05) is 43.2 Å². The highest BCUT2D eigenvalue weighted by Gasteiger charge is 2.42. The molecule has 4 rings (SSSR count). The number of amides is 1. The van der Waals surface area contributed by atoms with Gasteiger partial charge in [0.05, 0.1) is 23.0 Å². The van der Waals surface area contributed by atoms with Gasteiger partial charge in [0.15, 0.2) is 0 Å². The second-order valence-corrected chi connectivity index (χ2v) is 9.39. The molecule has 3 heterocycles. The summed E-state index contributed by atoms with van der Waals surface area (Å²) in [4.78, 5) is 22.9. The number of nitrogens with zero attached hydrogens (tertiary/aromatic N) is 3. The molecule has 32 heavy (non-hydrogen) atoms. The number of hydrogen-bond acceptors (Lipinski definition) is 6. The Hall–Kier alpha value is -1.94. The molecule has 2 aliphatic rings. The summed E-state index contributed by atoms with van der Waals surface area (Å²) in [5.74, 6) is 0.209. The van der Waals surface area contributed by atoms with Crippen molar-refractivity contribution in [3.05, 3.63) is 52.4 Å². The van der Waals surface area contributed by atoms with E-state index in [1.54, 1.807) is 4.90 Å². The highest BCUT2D eigenvalue weighted by molar-refractivity contribution is 7.97. The van der Waals surface area contributed by atoms with Crippen LogP contribution in [0.2, 0.25) is 5.02 Å². The van der Waals surface area contributed by atoms with Crippen molar-refractivity contribution in [1.29, 1.82) is 0 Å². The van der Waals surface area contributed by atoms with Gasteiger partial charge >= 0.3 is 0 Å². The number of nitrogens with one attached hydrogen (secondary N) is 1. The molecule has 0 saturated carbocycles. The highest BCUT2D eigenvalue weighted by atomic mass is 35.5. The van der Waals surface area contributed by atoms with Gasteiger partial charge in [0.1, 0.15) is 11.6 Å². The molecule has 3 N–H and O–H groups in total. The van der Waals surface area contributed by atoms with Gasteiger partial charge in [-0.1, -0.05) is 11.6 Å². The number of piperazine rings is 1. The molecule has 2 aliphatic heterocycles. The van der Waals surface area contributed by atoms with Crippen molar-refractivity contribution in [2.75, 3.05) is 31.2 Å². The zero-order valence-corrected chi connectivity index (χ0v) is 19.1. The number of aromatic nitrogens is 1. The van der Waals surface area contributed by atoms with Crippen molar-refractivity contribution in [2.45, 2.75) is 42.8 Å². The Kier molecular flexibility index (Phi) is 7.50. The van der Waals surface area contributed by atoms with E-state index in [2.05, 4.69) is 9.62 Å². The normalized spacial score (nSPS) is 20.1. The quantitative estimate of drug-likeness (QED) is 0.441. The molecule has 1 aromatic carbocycles. The standard InChI is InChI=1S/C22H26ClF2N5OS/c23-20-8-14(25)2-5-19(20)22(31)29-12-16-3-4-17(13-29)30(16)21-10-18(9-15(11-26)28-21)32-27-7-1-6-24/h2,5,8-10,16-17,27H,1,3-4,6-7,11-13,26H2. The van der Waals surface area contributed by atoms with Crippen LogP contribution >= 0.6 is 23.5 Å². The smallest absolute Gasteiger partial charge is 0.255 e. The van der Waals surface area contributed by atoms with E-state index in [1.165, 1.54) is 30.1 Å². The van der Waals surface area contributed by atoms with Gasteiger partial charge in [0.25, 0.3) is 5.91 Å². The summed E-state index contributed by atoms with van der Waals surface area (Å²) in [6.07, 6.45) is 2.38. The SMILES string of the molecule is NCc1cc(SNCCCF)cc(N2C3CCC2CN(C(=O)c2ccc(F)cc2Cl)C3)n1. The number of carbonyl (C=O) groups is 1. The summed E-state index contributed by atoms with van der Waals surface area (Å²) in [6, 6.07) is 8.10. The van der Waals surface area contributed by atoms with Crippen molar-refractivity contribution in [2.24, 2.45) is 5.73 Å². The molecular weight excluding hydrogens is 456 g/mol. The number of pyridine rings is 1. The van der Waals surface area contributed by atoms with Crippen LogP contribution in [-0.2, 0) is 6.54 Å². The van der Waals surface area contributed by atoms with Gasteiger partial charge in [-0.25, -0.2) is 9.37 Å². The number of hydrogen-bond donors (Lipinski definition) is 2. The van der Waals surface area contributed by atoms with Crippen molar-refractivity contribution in [3.63, 3.8) is 0 Å². The number of alkyl halides is 1. The number of halogens is 3. The fourth-order valence-corrected chi connectivity index (χ4v) is 5.41. The molecule has 2 bridgehead atoms. The number of benzene rings is 1. The monoisotopic (exact) mass is 481 g/mol. The lowest BCUT2D eigenvalue weighted by Crippen LogP contribution is -2.55. The first kappa shape index (κ1) is 23.2. The Balaban J connectivity index is 1.50. The van der Waals surface area contributed by atoms with Gasteiger partial charge < -0.3 is 15.5 Å². The lowest BCUT2D eigenvalue weighted by atomic mass is 10.1. The lowest BCUT2D eigenvalue weighted by molar-refractivity contribution is 0.0717. The predicted octanol–water partition coefficient (Wildman–Crippen LogP) is 3.78. The molecule has 2 aromatic rings. The molecule has 0 aliphatic carbocycles.